The van der Waals surface area contributed by atoms with Crippen molar-refractivity contribution in [2.75, 3.05) is 13.6 Å². The number of likely N-dealkylation sites (tertiary alicyclic amines) is 1. The fourth-order valence-corrected chi connectivity index (χ4v) is 6.94. The van der Waals surface area contributed by atoms with Crippen LogP contribution in [0.1, 0.15) is 51.2 Å². The molecule has 1 amide bonds. The van der Waals surface area contributed by atoms with Crippen molar-refractivity contribution in [1.29, 1.82) is 0 Å². The van der Waals surface area contributed by atoms with E-state index in [2.05, 4.69) is 10.2 Å². The van der Waals surface area contributed by atoms with Gasteiger partial charge in [-0.1, -0.05) is 6.07 Å². The highest BCUT2D eigenvalue weighted by Crippen LogP contribution is 2.65. The first-order valence-electron chi connectivity index (χ1n) is 14.1. The standard InChI is InChI=1S/C29H36N2O12/c1-13(26(36)37)30-25(35)14(2)40-27(38)19(41-15(3)32)12-21(34)42-18-7-8-29(39)20-11-16-5-6-17(33)23-22(16)28(29,24(18)43-23)9-10-31(20)4/h5-7,13-14,19-20,24,27,33,38-39H,8-12H2,1-4H3,(H,30,35)(H,36,37)/t13-,14-,19-,20+,24-,27?,28?,29+/m0/s1. The number of aromatic hydroxyl groups is 1. The number of ether oxygens (including phenoxy) is 4. The SMILES string of the molecule is CC(=O)O[C@@H](CC(=O)OC1=CC[C@@]2(O)[C@H]3Cc4ccc(O)c5c4C2(CCN3C)[C@H]1O5)C(O)O[C@@H](C)C(=O)N[C@@H](C)C(=O)O. The molecule has 2 aliphatic heterocycles. The van der Waals surface area contributed by atoms with Crippen LogP contribution in [0.2, 0.25) is 0 Å². The monoisotopic (exact) mass is 604 g/mol. The number of aliphatic hydroxyl groups excluding tert-OH is 1. The molecule has 234 valence electrons. The molecule has 1 spiro atoms. The van der Waals surface area contributed by atoms with Gasteiger partial charge in [0.1, 0.15) is 17.9 Å². The minimum atomic E-state index is -1.94. The molecule has 2 heterocycles. The van der Waals surface area contributed by atoms with Crippen LogP contribution in [0.15, 0.2) is 24.0 Å². The summed E-state index contributed by atoms with van der Waals surface area (Å²) in [7, 11) is 1.95. The van der Waals surface area contributed by atoms with E-state index in [0.717, 1.165) is 18.1 Å². The zero-order valence-electron chi connectivity index (χ0n) is 24.2. The van der Waals surface area contributed by atoms with Crippen LogP contribution in [-0.4, -0.2) is 105 Å². The Labute approximate surface area is 247 Å². The molecule has 5 rings (SSSR count). The summed E-state index contributed by atoms with van der Waals surface area (Å²) >= 11 is 0. The van der Waals surface area contributed by atoms with Gasteiger partial charge >= 0.3 is 17.9 Å². The van der Waals surface area contributed by atoms with Crippen LogP contribution in [0.4, 0.5) is 0 Å². The van der Waals surface area contributed by atoms with Crippen molar-refractivity contribution in [1.82, 2.24) is 10.2 Å². The molecule has 8 atom stereocenters. The number of esters is 2. The molecular formula is C29H36N2O12. The normalized spacial score (nSPS) is 29.6. The van der Waals surface area contributed by atoms with E-state index in [1.54, 1.807) is 12.1 Å². The Bertz CT molecular complexity index is 1380. The summed E-state index contributed by atoms with van der Waals surface area (Å²) in [5.41, 5.74) is -0.581. The summed E-state index contributed by atoms with van der Waals surface area (Å²) in [6.07, 6.45) is -3.70. The lowest BCUT2D eigenvalue weighted by Gasteiger charge is -2.61. The first kappa shape index (κ1) is 30.7. The van der Waals surface area contributed by atoms with Crippen molar-refractivity contribution < 1.29 is 58.6 Å². The van der Waals surface area contributed by atoms with Gasteiger partial charge in [0.05, 0.1) is 17.4 Å². The highest BCUT2D eigenvalue weighted by atomic mass is 16.7. The Hall–Kier alpha value is -3.72. The van der Waals surface area contributed by atoms with Crippen molar-refractivity contribution >= 4 is 23.8 Å². The number of phenolic OH excluding ortho intramolecular Hbond substituents is 1. The number of piperidine rings is 1. The largest absolute Gasteiger partial charge is 0.504 e. The first-order valence-corrected chi connectivity index (χ1v) is 14.1. The van der Waals surface area contributed by atoms with Crippen LogP contribution in [0.5, 0.6) is 11.5 Å². The molecule has 4 aliphatic rings. The Balaban J connectivity index is 1.34. The predicted octanol–water partition coefficient (Wildman–Crippen LogP) is -0.152. The molecular weight excluding hydrogens is 568 g/mol. The molecule has 2 aliphatic carbocycles. The van der Waals surface area contributed by atoms with Gasteiger partial charge in [-0.25, -0.2) is 0 Å². The number of rotatable bonds is 10. The van der Waals surface area contributed by atoms with Gasteiger partial charge in [0.15, 0.2) is 30.0 Å². The Morgan fingerprint density at radius 2 is 1.95 bits per heavy atom. The van der Waals surface area contributed by atoms with Crippen molar-refractivity contribution in [3.8, 4) is 11.5 Å². The number of likely N-dealkylation sites (N-methyl/N-ethyl adjacent to an activating group) is 1. The molecule has 0 aromatic heterocycles. The fourth-order valence-electron chi connectivity index (χ4n) is 6.94. The molecule has 1 fully saturated rings. The maximum atomic E-state index is 13.2. The third-order valence-electron chi connectivity index (χ3n) is 9.03. The van der Waals surface area contributed by atoms with Gasteiger partial charge in [0.2, 0.25) is 5.91 Å². The van der Waals surface area contributed by atoms with Crippen molar-refractivity contribution in [3.63, 3.8) is 0 Å². The summed E-state index contributed by atoms with van der Waals surface area (Å²) in [4.78, 5) is 50.3. The molecule has 0 saturated carbocycles. The lowest BCUT2D eigenvalue weighted by Crippen LogP contribution is -2.74. The number of carbonyl (C=O) groups is 4. The lowest BCUT2D eigenvalue weighted by molar-refractivity contribution is -0.206. The molecule has 2 bridgehead atoms. The molecule has 1 aromatic carbocycles. The third-order valence-corrected chi connectivity index (χ3v) is 9.03. The summed E-state index contributed by atoms with van der Waals surface area (Å²) < 4.78 is 22.3. The maximum absolute atomic E-state index is 13.2. The maximum Gasteiger partial charge on any atom is 0.325 e. The van der Waals surface area contributed by atoms with Gasteiger partial charge in [0.25, 0.3) is 0 Å². The topological polar surface area (TPSA) is 201 Å². The lowest BCUT2D eigenvalue weighted by atomic mass is 9.50. The zero-order chi connectivity index (χ0) is 31.4. The Morgan fingerprint density at radius 3 is 2.63 bits per heavy atom. The van der Waals surface area contributed by atoms with E-state index in [9.17, 15) is 34.5 Å². The van der Waals surface area contributed by atoms with Crippen LogP contribution >= 0.6 is 0 Å². The van der Waals surface area contributed by atoms with E-state index >= 15 is 0 Å². The van der Waals surface area contributed by atoms with Crippen LogP contribution in [0.25, 0.3) is 0 Å². The third kappa shape index (κ3) is 5.01. The van der Waals surface area contributed by atoms with E-state index in [-0.39, 0.29) is 29.7 Å². The smallest absolute Gasteiger partial charge is 0.325 e. The van der Waals surface area contributed by atoms with E-state index in [1.807, 2.05) is 13.1 Å². The average Bonchev–Trinajstić information content (AvgIpc) is 3.29. The number of benzene rings is 1. The van der Waals surface area contributed by atoms with Gasteiger partial charge in [-0.05, 0) is 58.0 Å². The Morgan fingerprint density at radius 1 is 1.23 bits per heavy atom. The highest BCUT2D eigenvalue weighted by molar-refractivity contribution is 5.85. The van der Waals surface area contributed by atoms with Gasteiger partial charge in [0, 0.05) is 24.9 Å². The second kappa shape index (κ2) is 11.1. The number of carbonyl (C=O) groups excluding carboxylic acids is 3. The summed E-state index contributed by atoms with van der Waals surface area (Å²) in [6, 6.07) is 1.92. The van der Waals surface area contributed by atoms with Crippen molar-refractivity contribution in [3.05, 3.63) is 35.1 Å². The number of phenols is 1. The molecule has 14 heteroatoms. The second-order valence-electron chi connectivity index (χ2n) is 11.7. The molecule has 1 saturated heterocycles. The van der Waals surface area contributed by atoms with Crippen LogP contribution in [0.3, 0.4) is 0 Å². The number of carboxylic acid groups (broad SMARTS) is 1. The molecule has 43 heavy (non-hydrogen) atoms. The van der Waals surface area contributed by atoms with E-state index in [0.29, 0.717) is 19.4 Å². The number of hydrogen-bond acceptors (Lipinski definition) is 12. The molecule has 14 nitrogen and oxygen atoms in total. The minimum absolute atomic E-state index is 0.0842. The summed E-state index contributed by atoms with van der Waals surface area (Å²) in [6.45, 7) is 4.20. The number of aliphatic carboxylic acids is 1. The quantitative estimate of drug-likeness (QED) is 0.174. The minimum Gasteiger partial charge on any atom is -0.504 e. The predicted molar refractivity (Wildman–Crippen MR) is 145 cm³/mol. The van der Waals surface area contributed by atoms with Crippen molar-refractivity contribution in [2.45, 2.75) is 94.2 Å². The summed E-state index contributed by atoms with van der Waals surface area (Å²) in [5.74, 6) is -3.59. The van der Waals surface area contributed by atoms with E-state index in [4.69, 9.17) is 24.1 Å². The van der Waals surface area contributed by atoms with Crippen LogP contribution < -0.4 is 10.1 Å². The number of hydrogen-bond donors (Lipinski definition) is 5. The van der Waals surface area contributed by atoms with Gasteiger partial charge in [-0.3, -0.25) is 19.2 Å². The van der Waals surface area contributed by atoms with E-state index in [1.165, 1.54) is 13.8 Å². The molecule has 1 aromatic rings. The van der Waals surface area contributed by atoms with Crippen LogP contribution in [0, 0.1) is 0 Å². The number of amides is 1. The molecule has 2 unspecified atom stereocenters. The average molecular weight is 605 g/mol. The van der Waals surface area contributed by atoms with Crippen molar-refractivity contribution in [2.24, 2.45) is 0 Å². The van der Waals surface area contributed by atoms with Gasteiger partial charge < -0.3 is 49.6 Å². The Kier molecular flexibility index (Phi) is 7.92. The zero-order valence-corrected chi connectivity index (χ0v) is 24.2. The van der Waals surface area contributed by atoms with Gasteiger partial charge in [-0.15, -0.1) is 0 Å². The molecule has 0 radical (unpaired) electrons. The molecule has 5 N–H and O–H groups in total. The number of nitrogens with one attached hydrogen (secondary N) is 1. The van der Waals surface area contributed by atoms with Gasteiger partial charge in [-0.2, -0.15) is 0 Å². The summed E-state index contributed by atoms with van der Waals surface area (Å²) in [5, 5.41) is 44.7. The number of aliphatic hydroxyl groups is 2. The second-order valence-corrected chi connectivity index (χ2v) is 11.7. The van der Waals surface area contributed by atoms with Crippen LogP contribution in [-0.2, 0) is 45.2 Å². The number of nitrogens with zero attached hydrogens (tertiary/aromatic N) is 1. The highest BCUT2D eigenvalue weighted by Gasteiger charge is 2.72. The number of carboxylic acids is 1. The fraction of sp³-hybridized carbons (Fsp3) is 0.586. The van der Waals surface area contributed by atoms with E-state index < -0.39 is 71.9 Å². The first-order chi connectivity index (χ1) is 20.2.